The first-order valence-electron chi connectivity index (χ1n) is 9.10. The molecule has 0 aliphatic rings. The topological polar surface area (TPSA) is 91.2 Å². The summed E-state index contributed by atoms with van der Waals surface area (Å²) in [5.74, 6) is 1.42. The molecular weight excluding hydrogens is 402 g/mol. The molecule has 0 saturated heterocycles. The maximum absolute atomic E-state index is 13.3. The largest absolute Gasteiger partial charge is 0.493 e. The number of hydrogen-bond donors (Lipinski definition) is 1. The lowest BCUT2D eigenvalue weighted by atomic mass is 10.2. The average Bonchev–Trinajstić information content (AvgIpc) is 3.47. The molecule has 0 unspecified atom stereocenters. The maximum Gasteiger partial charge on any atom is 0.281 e. The van der Waals surface area contributed by atoms with Gasteiger partial charge >= 0.3 is 0 Å². The van der Waals surface area contributed by atoms with E-state index in [2.05, 4.69) is 20.4 Å². The number of anilines is 1. The quantitative estimate of drug-likeness (QED) is 0.486. The van der Waals surface area contributed by atoms with E-state index in [1.165, 1.54) is 11.8 Å². The van der Waals surface area contributed by atoms with Gasteiger partial charge in [0.15, 0.2) is 17.3 Å². The van der Waals surface area contributed by atoms with Crippen molar-refractivity contribution in [2.24, 2.45) is 0 Å². The molecule has 3 heterocycles. The molecular formula is C21H19N5O3S. The van der Waals surface area contributed by atoms with Crippen LogP contribution in [-0.4, -0.2) is 39.9 Å². The molecule has 30 heavy (non-hydrogen) atoms. The zero-order chi connectivity index (χ0) is 20.9. The molecule has 0 saturated carbocycles. The standard InChI is InChI=1S/C21H19N5O3S/c1-28-17-8-7-14(11-18(17)29-2)20(27)26-21(23-13-16-6-4-10-30-16)24-19(25-26)15-5-3-9-22-12-15/h3-12H,13H2,1-2H3,(H,23,24,25). The molecule has 0 spiro atoms. The lowest BCUT2D eigenvalue weighted by Gasteiger charge is -2.10. The smallest absolute Gasteiger partial charge is 0.281 e. The summed E-state index contributed by atoms with van der Waals surface area (Å²) in [5.41, 5.74) is 1.12. The third-order valence-corrected chi connectivity index (χ3v) is 5.23. The molecule has 1 N–H and O–H groups in total. The van der Waals surface area contributed by atoms with Crippen molar-refractivity contribution >= 4 is 23.2 Å². The number of thiophene rings is 1. The first kappa shape index (κ1) is 19.6. The van der Waals surface area contributed by atoms with Crippen LogP contribution in [0.1, 0.15) is 15.2 Å². The highest BCUT2D eigenvalue weighted by Crippen LogP contribution is 2.28. The van der Waals surface area contributed by atoms with Gasteiger partial charge in [0, 0.05) is 28.4 Å². The van der Waals surface area contributed by atoms with Gasteiger partial charge in [0.1, 0.15) is 0 Å². The monoisotopic (exact) mass is 421 g/mol. The molecule has 0 atom stereocenters. The van der Waals surface area contributed by atoms with Gasteiger partial charge in [0.25, 0.3) is 5.91 Å². The zero-order valence-corrected chi connectivity index (χ0v) is 17.2. The fraction of sp³-hybridized carbons (Fsp3) is 0.143. The summed E-state index contributed by atoms with van der Waals surface area (Å²) in [4.78, 5) is 23.0. The molecule has 0 amide bonds. The molecule has 4 aromatic rings. The third kappa shape index (κ3) is 4.01. The molecule has 0 aliphatic carbocycles. The van der Waals surface area contributed by atoms with E-state index in [9.17, 15) is 4.79 Å². The van der Waals surface area contributed by atoms with Crippen LogP contribution in [-0.2, 0) is 6.54 Å². The number of pyridine rings is 1. The van der Waals surface area contributed by atoms with Gasteiger partial charge in [-0.25, -0.2) is 0 Å². The fourth-order valence-corrected chi connectivity index (χ4v) is 3.50. The Morgan fingerprint density at radius 1 is 1.13 bits per heavy atom. The summed E-state index contributed by atoms with van der Waals surface area (Å²) in [6.45, 7) is 0.530. The van der Waals surface area contributed by atoms with Gasteiger partial charge < -0.3 is 14.8 Å². The van der Waals surface area contributed by atoms with Crippen LogP contribution in [0.5, 0.6) is 11.5 Å². The number of carbonyl (C=O) groups is 1. The summed E-state index contributed by atoms with van der Waals surface area (Å²) in [6.07, 6.45) is 3.33. The van der Waals surface area contributed by atoms with E-state index in [0.29, 0.717) is 35.4 Å². The normalized spacial score (nSPS) is 10.6. The predicted octanol–water partition coefficient (Wildman–Crippen LogP) is 3.72. The molecule has 0 bridgehead atoms. The minimum atomic E-state index is -0.340. The van der Waals surface area contributed by atoms with E-state index in [1.807, 2.05) is 23.6 Å². The predicted molar refractivity (Wildman–Crippen MR) is 114 cm³/mol. The third-order valence-electron chi connectivity index (χ3n) is 4.35. The Labute approximate surface area is 177 Å². The molecule has 0 fully saturated rings. The van der Waals surface area contributed by atoms with Crippen molar-refractivity contribution < 1.29 is 14.3 Å². The Morgan fingerprint density at radius 3 is 2.70 bits per heavy atom. The van der Waals surface area contributed by atoms with E-state index < -0.39 is 0 Å². The summed E-state index contributed by atoms with van der Waals surface area (Å²) in [5, 5.41) is 9.65. The van der Waals surface area contributed by atoms with Crippen LogP contribution in [0, 0.1) is 0 Å². The number of aromatic nitrogens is 4. The van der Waals surface area contributed by atoms with Crippen LogP contribution >= 0.6 is 11.3 Å². The van der Waals surface area contributed by atoms with Gasteiger partial charge in [-0.1, -0.05) is 6.07 Å². The molecule has 3 aromatic heterocycles. The van der Waals surface area contributed by atoms with E-state index in [4.69, 9.17) is 9.47 Å². The van der Waals surface area contributed by atoms with E-state index in [0.717, 1.165) is 10.4 Å². The molecule has 4 rings (SSSR count). The highest BCUT2D eigenvalue weighted by atomic mass is 32.1. The second kappa shape index (κ2) is 8.75. The van der Waals surface area contributed by atoms with Gasteiger partial charge in [0.05, 0.1) is 20.8 Å². The number of carbonyl (C=O) groups excluding carboxylic acids is 1. The van der Waals surface area contributed by atoms with E-state index in [-0.39, 0.29) is 5.91 Å². The number of hydrogen-bond acceptors (Lipinski definition) is 8. The molecule has 152 valence electrons. The van der Waals surface area contributed by atoms with Crippen molar-refractivity contribution in [2.45, 2.75) is 6.54 Å². The van der Waals surface area contributed by atoms with Crippen LogP contribution in [0.15, 0.2) is 60.2 Å². The number of benzene rings is 1. The van der Waals surface area contributed by atoms with Crippen molar-refractivity contribution in [3.63, 3.8) is 0 Å². The van der Waals surface area contributed by atoms with Crippen LogP contribution in [0.4, 0.5) is 5.95 Å². The Bertz CT molecular complexity index is 1140. The van der Waals surface area contributed by atoms with Crippen molar-refractivity contribution in [1.82, 2.24) is 19.7 Å². The summed E-state index contributed by atoms with van der Waals surface area (Å²) >= 11 is 1.62. The summed E-state index contributed by atoms with van der Waals surface area (Å²) in [6, 6.07) is 12.6. The van der Waals surface area contributed by atoms with Crippen LogP contribution in [0.25, 0.3) is 11.4 Å². The van der Waals surface area contributed by atoms with Crippen LogP contribution in [0.3, 0.4) is 0 Å². The van der Waals surface area contributed by atoms with Gasteiger partial charge in [-0.3, -0.25) is 9.78 Å². The number of nitrogens with one attached hydrogen (secondary N) is 1. The van der Waals surface area contributed by atoms with Crippen molar-refractivity contribution in [2.75, 3.05) is 19.5 Å². The number of rotatable bonds is 7. The van der Waals surface area contributed by atoms with E-state index in [1.54, 1.807) is 55.1 Å². The van der Waals surface area contributed by atoms with Crippen LogP contribution < -0.4 is 14.8 Å². The van der Waals surface area contributed by atoms with Crippen molar-refractivity contribution in [1.29, 1.82) is 0 Å². The fourth-order valence-electron chi connectivity index (χ4n) is 2.86. The second-order valence-electron chi connectivity index (χ2n) is 6.22. The SMILES string of the molecule is COc1ccc(C(=O)n2nc(-c3cccnc3)nc2NCc2cccs2)cc1OC. The Balaban J connectivity index is 1.71. The van der Waals surface area contributed by atoms with Crippen molar-refractivity contribution in [3.8, 4) is 22.9 Å². The minimum absolute atomic E-state index is 0.340. The first-order chi connectivity index (χ1) is 14.7. The zero-order valence-electron chi connectivity index (χ0n) is 16.4. The highest BCUT2D eigenvalue weighted by Gasteiger charge is 2.20. The number of ether oxygens (including phenoxy) is 2. The summed E-state index contributed by atoms with van der Waals surface area (Å²) in [7, 11) is 3.07. The van der Waals surface area contributed by atoms with Crippen molar-refractivity contribution in [3.05, 3.63) is 70.7 Å². The van der Waals surface area contributed by atoms with E-state index >= 15 is 0 Å². The second-order valence-corrected chi connectivity index (χ2v) is 7.25. The maximum atomic E-state index is 13.3. The summed E-state index contributed by atoms with van der Waals surface area (Å²) < 4.78 is 11.8. The first-order valence-corrected chi connectivity index (χ1v) is 9.98. The van der Waals surface area contributed by atoms with Crippen LogP contribution in [0.2, 0.25) is 0 Å². The lowest BCUT2D eigenvalue weighted by molar-refractivity contribution is 0.0947. The number of nitrogens with zero attached hydrogens (tertiary/aromatic N) is 4. The molecule has 9 heteroatoms. The number of methoxy groups -OCH3 is 2. The van der Waals surface area contributed by atoms with Gasteiger partial charge in [-0.2, -0.15) is 9.67 Å². The Kier molecular flexibility index (Phi) is 5.71. The highest BCUT2D eigenvalue weighted by molar-refractivity contribution is 7.09. The molecule has 1 aromatic carbocycles. The average molecular weight is 421 g/mol. The molecule has 0 radical (unpaired) electrons. The Hall–Kier alpha value is -3.72. The van der Waals surface area contributed by atoms with Gasteiger partial charge in [0.2, 0.25) is 5.95 Å². The minimum Gasteiger partial charge on any atom is -0.493 e. The molecule has 8 nitrogen and oxygen atoms in total. The Morgan fingerprint density at radius 2 is 2.00 bits per heavy atom. The molecule has 0 aliphatic heterocycles. The lowest BCUT2D eigenvalue weighted by Crippen LogP contribution is -2.17. The van der Waals surface area contributed by atoms with Gasteiger partial charge in [-0.05, 0) is 41.8 Å². The van der Waals surface area contributed by atoms with Gasteiger partial charge in [-0.15, -0.1) is 16.4 Å².